The summed E-state index contributed by atoms with van der Waals surface area (Å²) in [5.74, 6) is -0.104. The van der Waals surface area contributed by atoms with Crippen molar-refractivity contribution in [3.05, 3.63) is 75.3 Å². The van der Waals surface area contributed by atoms with Gasteiger partial charge in [-0.3, -0.25) is 15.1 Å². The molecule has 1 atom stereocenters. The van der Waals surface area contributed by atoms with Gasteiger partial charge < -0.3 is 10.0 Å². The Labute approximate surface area is 197 Å². The first kappa shape index (κ1) is 22.5. The Balaban J connectivity index is 1.36. The maximum absolute atomic E-state index is 14.1. The second-order valence-corrected chi connectivity index (χ2v) is 9.59. The highest BCUT2D eigenvalue weighted by molar-refractivity contribution is 6.34. The second-order valence-electron chi connectivity index (χ2n) is 8.71. The third-order valence-electron chi connectivity index (χ3n) is 6.37. The number of nitrogens with zero attached hydrogens (tertiary/aromatic N) is 1. The Morgan fingerprint density at radius 2 is 1.70 bits per heavy atom. The van der Waals surface area contributed by atoms with Crippen LogP contribution in [0.25, 0.3) is 5.70 Å². The number of benzene rings is 2. The van der Waals surface area contributed by atoms with Crippen molar-refractivity contribution >= 4 is 34.8 Å². The molecule has 5 rings (SSSR count). The van der Waals surface area contributed by atoms with Gasteiger partial charge in [0.25, 0.3) is 5.91 Å². The molecule has 2 aromatic carbocycles. The molecular weight excluding hydrogens is 480 g/mol. The summed E-state index contributed by atoms with van der Waals surface area (Å²) >= 11 is 11.9. The first-order valence-electron chi connectivity index (χ1n) is 10.3. The van der Waals surface area contributed by atoms with Crippen LogP contribution in [0.2, 0.25) is 10.0 Å². The molecule has 2 aliphatic heterocycles. The Morgan fingerprint density at radius 1 is 1.09 bits per heavy atom. The van der Waals surface area contributed by atoms with E-state index < -0.39 is 17.4 Å². The van der Waals surface area contributed by atoms with E-state index in [1.54, 1.807) is 17.0 Å². The maximum atomic E-state index is 14.1. The van der Waals surface area contributed by atoms with E-state index in [1.165, 1.54) is 18.2 Å². The number of hydrogen-bond donors (Lipinski definition) is 2. The topological polar surface area (TPSA) is 61.8 Å². The molecule has 2 fully saturated rings. The highest BCUT2D eigenvalue weighted by atomic mass is 35.5. The quantitative estimate of drug-likeness (QED) is 0.636. The third kappa shape index (κ3) is 3.89. The van der Waals surface area contributed by atoms with Crippen molar-refractivity contribution in [1.29, 1.82) is 0 Å². The van der Waals surface area contributed by atoms with Gasteiger partial charge in [-0.1, -0.05) is 47.5 Å². The summed E-state index contributed by atoms with van der Waals surface area (Å²) in [6.07, 6.45) is -2.79. The molecule has 33 heavy (non-hydrogen) atoms. The van der Waals surface area contributed by atoms with Crippen molar-refractivity contribution in [3.63, 3.8) is 0 Å². The zero-order valence-electron chi connectivity index (χ0n) is 17.1. The Morgan fingerprint density at radius 3 is 2.24 bits per heavy atom. The predicted molar refractivity (Wildman–Crippen MR) is 116 cm³/mol. The minimum atomic E-state index is -4.77. The summed E-state index contributed by atoms with van der Waals surface area (Å²) in [4.78, 5) is 18.9. The van der Waals surface area contributed by atoms with Gasteiger partial charge >= 0.3 is 6.18 Å². The van der Waals surface area contributed by atoms with Crippen molar-refractivity contribution in [2.45, 2.75) is 36.1 Å². The van der Waals surface area contributed by atoms with Gasteiger partial charge in [-0.25, -0.2) is 0 Å². The lowest BCUT2D eigenvalue weighted by molar-refractivity contribution is -0.269. The summed E-state index contributed by atoms with van der Waals surface area (Å²) in [7, 11) is 0. The number of carbonyl (C=O) groups excluding carboxylic acids is 1. The zero-order valence-corrected chi connectivity index (χ0v) is 18.6. The normalized spacial score (nSPS) is 24.2. The molecule has 2 aromatic rings. The highest BCUT2D eigenvalue weighted by Gasteiger charge is 2.59. The highest BCUT2D eigenvalue weighted by Crippen LogP contribution is 2.48. The van der Waals surface area contributed by atoms with Crippen molar-refractivity contribution in [3.8, 4) is 0 Å². The molecule has 1 amide bonds. The summed E-state index contributed by atoms with van der Waals surface area (Å²) in [6, 6.07) is 10.7. The molecule has 0 radical (unpaired) electrons. The Kier molecular flexibility index (Phi) is 5.21. The predicted octanol–water partition coefficient (Wildman–Crippen LogP) is 4.78. The average Bonchev–Trinajstić information content (AvgIpc) is 3.29. The van der Waals surface area contributed by atoms with Crippen LogP contribution in [-0.4, -0.2) is 40.8 Å². The van der Waals surface area contributed by atoms with Crippen molar-refractivity contribution in [2.24, 2.45) is 0 Å². The summed E-state index contributed by atoms with van der Waals surface area (Å²) in [5.41, 5.74) is -0.103. The number of hydrogen-bond acceptors (Lipinski definition) is 4. The molecule has 1 saturated carbocycles. The van der Waals surface area contributed by atoms with Crippen LogP contribution in [-0.2, 0) is 15.2 Å². The number of rotatable bonds is 4. The lowest BCUT2D eigenvalue weighted by atomic mass is 9.89. The van der Waals surface area contributed by atoms with Gasteiger partial charge in [0, 0.05) is 34.6 Å². The van der Waals surface area contributed by atoms with Crippen LogP contribution in [0.4, 0.5) is 13.2 Å². The molecule has 3 aliphatic rings. The van der Waals surface area contributed by atoms with Crippen molar-refractivity contribution in [1.82, 2.24) is 10.4 Å². The molecule has 10 heteroatoms. The molecule has 0 spiro atoms. The van der Waals surface area contributed by atoms with E-state index in [2.05, 4.69) is 5.48 Å². The second kappa shape index (κ2) is 7.63. The van der Waals surface area contributed by atoms with Crippen LogP contribution in [0.5, 0.6) is 0 Å². The molecule has 2 N–H and O–H groups in total. The fourth-order valence-electron chi connectivity index (χ4n) is 4.17. The number of aliphatic hydroxyl groups is 1. The van der Waals surface area contributed by atoms with E-state index in [0.717, 1.165) is 11.6 Å². The van der Waals surface area contributed by atoms with Gasteiger partial charge in [0.15, 0.2) is 0 Å². The molecule has 0 bridgehead atoms. The molecule has 5 nitrogen and oxygen atoms in total. The van der Waals surface area contributed by atoms with E-state index in [9.17, 15) is 23.1 Å². The fraction of sp³-hybridized carbons (Fsp3) is 0.348. The van der Waals surface area contributed by atoms with E-state index in [4.69, 9.17) is 28.0 Å². The minimum absolute atomic E-state index is 0.0674. The number of carbonyl (C=O) groups is 1. The summed E-state index contributed by atoms with van der Waals surface area (Å²) in [6.45, 7) is 1.02. The summed E-state index contributed by atoms with van der Waals surface area (Å²) in [5, 5.41) is 10.1. The van der Waals surface area contributed by atoms with E-state index in [0.29, 0.717) is 31.5 Å². The van der Waals surface area contributed by atoms with Gasteiger partial charge in [0.05, 0.1) is 5.70 Å². The number of halogens is 5. The molecule has 0 aromatic heterocycles. The molecule has 1 aliphatic carbocycles. The first-order valence-corrected chi connectivity index (χ1v) is 11.1. The Bertz CT molecular complexity index is 1120. The van der Waals surface area contributed by atoms with Crippen LogP contribution in [0.15, 0.2) is 48.5 Å². The Hall–Kier alpha value is -2.26. The number of alkyl halides is 3. The minimum Gasteiger partial charge on any atom is -0.380 e. The van der Waals surface area contributed by atoms with Crippen LogP contribution in [0.3, 0.4) is 0 Å². The lowest BCUT2D eigenvalue weighted by Gasteiger charge is -2.40. The first-order chi connectivity index (χ1) is 15.5. The molecule has 1 saturated heterocycles. The van der Waals surface area contributed by atoms with E-state index in [1.807, 2.05) is 12.1 Å². The maximum Gasteiger partial charge on any atom is 0.428 e. The molecule has 2 heterocycles. The number of hydroxylamine groups is 1. The SMILES string of the molecule is O=C(N1CC(c2ccc(C3=CC(c4cc(Cl)cc(Cl)c4)(C(F)(F)F)ON3)cc2)C1)C1(O)CC1. The monoisotopic (exact) mass is 498 g/mol. The number of likely N-dealkylation sites (tertiary alicyclic amines) is 1. The summed E-state index contributed by atoms with van der Waals surface area (Å²) < 4.78 is 42.4. The molecule has 1 unspecified atom stereocenters. The van der Waals surface area contributed by atoms with E-state index >= 15 is 0 Å². The van der Waals surface area contributed by atoms with Gasteiger partial charge in [-0.05, 0) is 48.2 Å². The van der Waals surface area contributed by atoms with Crippen molar-refractivity contribution < 1.29 is 27.9 Å². The number of amides is 1. The van der Waals surface area contributed by atoms with Crippen LogP contribution in [0.1, 0.15) is 35.4 Å². The lowest BCUT2D eigenvalue weighted by Crippen LogP contribution is -2.52. The van der Waals surface area contributed by atoms with Gasteiger partial charge in [-0.2, -0.15) is 13.2 Å². The average molecular weight is 499 g/mol. The van der Waals surface area contributed by atoms with Crippen LogP contribution < -0.4 is 5.48 Å². The zero-order chi connectivity index (χ0) is 23.6. The van der Waals surface area contributed by atoms with Gasteiger partial charge in [0.1, 0.15) is 5.60 Å². The fourth-order valence-corrected chi connectivity index (χ4v) is 4.70. The standard InChI is InChI=1S/C23H19Cl2F3N2O3/c24-17-7-16(8-18(25)9-17)22(23(26,27)28)10-19(29-33-22)14-3-1-13(2-4-14)15-11-30(12-15)20(31)21(32)5-6-21/h1-4,7-10,15,29,32H,5-6,11-12H2. The molecular formula is C23H19Cl2F3N2O3. The smallest absolute Gasteiger partial charge is 0.380 e. The van der Waals surface area contributed by atoms with E-state index in [-0.39, 0.29) is 33.1 Å². The third-order valence-corrected chi connectivity index (χ3v) is 6.80. The van der Waals surface area contributed by atoms with Crippen LogP contribution >= 0.6 is 23.2 Å². The van der Waals surface area contributed by atoms with Crippen LogP contribution in [0, 0.1) is 0 Å². The largest absolute Gasteiger partial charge is 0.428 e. The molecule has 174 valence electrons. The van der Waals surface area contributed by atoms with Gasteiger partial charge in [-0.15, -0.1) is 0 Å². The van der Waals surface area contributed by atoms with Gasteiger partial charge in [0.2, 0.25) is 5.60 Å². The number of nitrogens with one attached hydrogen (secondary N) is 1. The van der Waals surface area contributed by atoms with Crippen molar-refractivity contribution in [2.75, 3.05) is 13.1 Å².